The second kappa shape index (κ2) is 7.04. The molecule has 0 spiro atoms. The van der Waals surface area contributed by atoms with Crippen LogP contribution in [0.15, 0.2) is 23.3 Å². The Morgan fingerprint density at radius 3 is 2.57 bits per heavy atom. The van der Waals surface area contributed by atoms with Gasteiger partial charge in [-0.15, -0.1) is 0 Å². The van der Waals surface area contributed by atoms with Crippen LogP contribution in [0.25, 0.3) is 0 Å². The number of carbonyl (C=O) groups excluding carboxylic acids is 1. The molecule has 0 saturated heterocycles. The Hall–Kier alpha value is -2.01. The average Bonchev–Trinajstić information content (AvgIpc) is 2.51. The van der Waals surface area contributed by atoms with Crippen molar-refractivity contribution in [1.82, 2.24) is 5.32 Å². The molecule has 23 heavy (non-hydrogen) atoms. The first-order chi connectivity index (χ1) is 10.8. The van der Waals surface area contributed by atoms with E-state index in [1.807, 2.05) is 6.92 Å². The molecule has 1 atom stereocenters. The van der Waals surface area contributed by atoms with Crippen molar-refractivity contribution in [1.29, 1.82) is 0 Å². The van der Waals surface area contributed by atoms with E-state index < -0.39 is 11.9 Å². The summed E-state index contributed by atoms with van der Waals surface area (Å²) in [7, 11) is 1.41. The summed E-state index contributed by atoms with van der Waals surface area (Å²) in [5.41, 5.74) is 2.40. The lowest BCUT2D eigenvalue weighted by Crippen LogP contribution is -2.37. The molecule has 0 heterocycles. The molecule has 1 aliphatic carbocycles. The van der Waals surface area contributed by atoms with Gasteiger partial charge in [0.2, 0.25) is 0 Å². The predicted octanol–water partition coefficient (Wildman–Crippen LogP) is 3.67. The van der Waals surface area contributed by atoms with Crippen molar-refractivity contribution in [3.05, 3.63) is 39.4 Å². The summed E-state index contributed by atoms with van der Waals surface area (Å²) in [6.07, 6.45) is 2.92. The van der Waals surface area contributed by atoms with E-state index in [-0.39, 0.29) is 27.9 Å². The van der Waals surface area contributed by atoms with E-state index in [4.69, 9.17) is 16.3 Å². The van der Waals surface area contributed by atoms with Gasteiger partial charge in [-0.05, 0) is 45.2 Å². The number of methoxy groups -OCH3 is 1. The zero-order chi connectivity index (χ0) is 17.1. The van der Waals surface area contributed by atoms with Crippen LogP contribution in [-0.4, -0.2) is 30.1 Å². The maximum absolute atomic E-state index is 12.6. The molecule has 6 heteroatoms. The number of allylic oxidation sites excluding steroid dienone is 1. The number of amides is 1. The highest BCUT2D eigenvalue weighted by atomic mass is 35.5. The summed E-state index contributed by atoms with van der Waals surface area (Å²) in [5, 5.41) is 12.1. The van der Waals surface area contributed by atoms with E-state index in [1.54, 1.807) is 0 Å². The number of hydrogen-bond acceptors (Lipinski definition) is 3. The van der Waals surface area contributed by atoms with Gasteiger partial charge in [0, 0.05) is 0 Å². The highest BCUT2D eigenvalue weighted by molar-refractivity contribution is 6.36. The Balaban J connectivity index is 2.34. The lowest BCUT2D eigenvalue weighted by atomic mass is 9.89. The molecule has 0 bridgehead atoms. The summed E-state index contributed by atoms with van der Waals surface area (Å²) < 4.78 is 5.07. The zero-order valence-electron chi connectivity index (χ0n) is 13.4. The topological polar surface area (TPSA) is 75.6 Å². The largest absolute Gasteiger partial charge is 0.497 e. The fourth-order valence-electron chi connectivity index (χ4n) is 2.74. The minimum absolute atomic E-state index is 0.0493. The van der Waals surface area contributed by atoms with Crippen molar-refractivity contribution >= 4 is 23.5 Å². The summed E-state index contributed by atoms with van der Waals surface area (Å²) in [6, 6.07) is 2.71. The SMILES string of the molecule is COc1cc(C(=O)O)c(Cl)c(C(=O)NC2CCCC(C)=C2C)c1. The van der Waals surface area contributed by atoms with Gasteiger partial charge in [0.1, 0.15) is 5.75 Å². The predicted molar refractivity (Wildman–Crippen MR) is 88.4 cm³/mol. The first kappa shape index (κ1) is 17.3. The van der Waals surface area contributed by atoms with Crippen molar-refractivity contribution in [2.75, 3.05) is 7.11 Å². The van der Waals surface area contributed by atoms with Gasteiger partial charge in [-0.3, -0.25) is 4.79 Å². The van der Waals surface area contributed by atoms with E-state index in [9.17, 15) is 14.7 Å². The van der Waals surface area contributed by atoms with Gasteiger partial charge in [0.05, 0.1) is 29.3 Å². The lowest BCUT2D eigenvalue weighted by Gasteiger charge is -2.26. The third-order valence-corrected chi connectivity index (χ3v) is 4.71. The van der Waals surface area contributed by atoms with Crippen LogP contribution < -0.4 is 10.1 Å². The van der Waals surface area contributed by atoms with Gasteiger partial charge in [0.25, 0.3) is 5.91 Å². The molecule has 0 aliphatic heterocycles. The summed E-state index contributed by atoms with van der Waals surface area (Å²) in [6.45, 7) is 4.07. The van der Waals surface area contributed by atoms with Crippen LogP contribution in [0.1, 0.15) is 53.8 Å². The Kier molecular flexibility index (Phi) is 5.31. The van der Waals surface area contributed by atoms with Crippen LogP contribution in [0.5, 0.6) is 5.75 Å². The number of nitrogens with one attached hydrogen (secondary N) is 1. The Morgan fingerprint density at radius 1 is 1.30 bits per heavy atom. The van der Waals surface area contributed by atoms with E-state index in [1.165, 1.54) is 24.8 Å². The minimum atomic E-state index is -1.20. The fraction of sp³-hybridized carbons (Fsp3) is 0.412. The molecule has 124 valence electrons. The Morgan fingerprint density at radius 2 is 1.96 bits per heavy atom. The van der Waals surface area contributed by atoms with E-state index in [2.05, 4.69) is 12.2 Å². The zero-order valence-corrected chi connectivity index (χ0v) is 14.2. The monoisotopic (exact) mass is 337 g/mol. The van der Waals surface area contributed by atoms with Gasteiger partial charge in [0.15, 0.2) is 0 Å². The van der Waals surface area contributed by atoms with Gasteiger partial charge < -0.3 is 15.2 Å². The minimum Gasteiger partial charge on any atom is -0.497 e. The van der Waals surface area contributed by atoms with Crippen molar-refractivity contribution < 1.29 is 19.4 Å². The Bertz CT molecular complexity index is 681. The summed E-state index contributed by atoms with van der Waals surface area (Å²) in [5.74, 6) is -1.31. The molecule has 1 aliphatic rings. The van der Waals surface area contributed by atoms with E-state index in [0.29, 0.717) is 0 Å². The number of rotatable bonds is 4. The molecule has 5 nitrogen and oxygen atoms in total. The van der Waals surface area contributed by atoms with E-state index in [0.717, 1.165) is 24.8 Å². The molecular weight excluding hydrogens is 318 g/mol. The lowest BCUT2D eigenvalue weighted by molar-refractivity contribution is 0.0696. The second-order valence-electron chi connectivity index (χ2n) is 5.72. The maximum atomic E-state index is 12.6. The van der Waals surface area contributed by atoms with Crippen molar-refractivity contribution in [2.45, 2.75) is 39.2 Å². The van der Waals surface area contributed by atoms with Crippen LogP contribution in [0.4, 0.5) is 0 Å². The van der Waals surface area contributed by atoms with Gasteiger partial charge in [-0.25, -0.2) is 4.79 Å². The summed E-state index contributed by atoms with van der Waals surface area (Å²) >= 11 is 6.10. The van der Waals surface area contributed by atoms with Crippen molar-refractivity contribution in [3.8, 4) is 5.75 Å². The molecule has 2 rings (SSSR count). The number of aromatic carboxylic acids is 1. The van der Waals surface area contributed by atoms with Crippen molar-refractivity contribution in [2.24, 2.45) is 0 Å². The molecule has 0 radical (unpaired) electrons. The van der Waals surface area contributed by atoms with Gasteiger partial charge in [-0.1, -0.05) is 22.7 Å². The van der Waals surface area contributed by atoms with Crippen LogP contribution in [0.2, 0.25) is 5.02 Å². The smallest absolute Gasteiger partial charge is 0.337 e. The van der Waals surface area contributed by atoms with Crippen LogP contribution in [-0.2, 0) is 0 Å². The maximum Gasteiger partial charge on any atom is 0.337 e. The fourth-order valence-corrected chi connectivity index (χ4v) is 3.01. The number of carboxylic acid groups (broad SMARTS) is 1. The highest BCUT2D eigenvalue weighted by Crippen LogP contribution is 2.29. The first-order valence-corrected chi connectivity index (χ1v) is 7.81. The third kappa shape index (κ3) is 3.67. The quantitative estimate of drug-likeness (QED) is 0.822. The molecule has 1 unspecified atom stereocenters. The molecule has 0 aromatic heterocycles. The first-order valence-electron chi connectivity index (χ1n) is 7.43. The number of benzene rings is 1. The molecular formula is C17H20ClNO4. The second-order valence-corrected chi connectivity index (χ2v) is 6.10. The molecule has 0 saturated carbocycles. The molecule has 0 fully saturated rings. The number of ether oxygens (including phenoxy) is 1. The van der Waals surface area contributed by atoms with Crippen molar-refractivity contribution in [3.63, 3.8) is 0 Å². The number of carboxylic acids is 1. The van der Waals surface area contributed by atoms with Gasteiger partial charge >= 0.3 is 5.97 Å². The average molecular weight is 338 g/mol. The number of hydrogen-bond donors (Lipinski definition) is 2. The van der Waals surface area contributed by atoms with Gasteiger partial charge in [-0.2, -0.15) is 0 Å². The number of halogens is 1. The van der Waals surface area contributed by atoms with E-state index >= 15 is 0 Å². The standard InChI is InChI=1S/C17H20ClNO4/c1-9-5-4-6-14(10(9)2)19-16(20)12-7-11(23-3)8-13(15(12)18)17(21)22/h7-8,14H,4-6H2,1-3H3,(H,19,20)(H,21,22). The number of carbonyl (C=O) groups is 2. The van der Waals surface area contributed by atoms with Crippen LogP contribution in [0, 0.1) is 0 Å². The molecule has 1 aromatic carbocycles. The van der Waals surface area contributed by atoms with Crippen LogP contribution >= 0.6 is 11.6 Å². The summed E-state index contributed by atoms with van der Waals surface area (Å²) in [4.78, 5) is 23.8. The normalized spacial score (nSPS) is 17.8. The molecule has 2 N–H and O–H groups in total. The molecule has 1 amide bonds. The highest BCUT2D eigenvalue weighted by Gasteiger charge is 2.24. The Labute approximate surface area is 140 Å². The molecule has 1 aromatic rings. The third-order valence-electron chi connectivity index (χ3n) is 4.30. The van der Waals surface area contributed by atoms with Crippen LogP contribution in [0.3, 0.4) is 0 Å².